The summed E-state index contributed by atoms with van der Waals surface area (Å²) < 4.78 is 5.58. The number of nitrogen functional groups attached to an aromatic ring is 1. The molecule has 15 heavy (non-hydrogen) atoms. The highest BCUT2D eigenvalue weighted by atomic mass is 35.5. The number of hydrogen-bond acceptors (Lipinski definition) is 2. The number of hydrogen-bond donors (Lipinski definition) is 1. The van der Waals surface area contributed by atoms with Gasteiger partial charge in [-0.25, -0.2) is 0 Å². The van der Waals surface area contributed by atoms with Crippen LogP contribution in [0.25, 0.3) is 0 Å². The summed E-state index contributed by atoms with van der Waals surface area (Å²) in [5.74, 6) is 1.31. The molecular weight excluding hydrogens is 210 g/mol. The maximum atomic E-state index is 5.99. The Morgan fingerprint density at radius 1 is 0.933 bits per heavy atom. The van der Waals surface area contributed by atoms with Crippen LogP contribution in [0.5, 0.6) is 11.5 Å². The molecule has 0 amide bonds. The summed E-state index contributed by atoms with van der Waals surface area (Å²) in [6, 6.07) is 14.8. The lowest BCUT2D eigenvalue weighted by Crippen LogP contribution is -1.89. The first-order chi connectivity index (χ1) is 7.27. The van der Waals surface area contributed by atoms with E-state index in [1.165, 1.54) is 0 Å². The summed E-state index contributed by atoms with van der Waals surface area (Å²) >= 11 is 5.99. The Hall–Kier alpha value is -1.67. The van der Waals surface area contributed by atoms with E-state index in [-0.39, 0.29) is 0 Å². The molecule has 0 unspecified atom stereocenters. The first-order valence-corrected chi connectivity index (χ1v) is 4.92. The molecule has 76 valence electrons. The van der Waals surface area contributed by atoms with Gasteiger partial charge < -0.3 is 10.5 Å². The zero-order chi connectivity index (χ0) is 10.7. The highest BCUT2D eigenvalue weighted by Crippen LogP contribution is 2.32. The second-order valence-electron chi connectivity index (χ2n) is 3.07. The van der Waals surface area contributed by atoms with Crippen LogP contribution < -0.4 is 10.5 Å². The van der Waals surface area contributed by atoms with Gasteiger partial charge in [0.2, 0.25) is 0 Å². The van der Waals surface area contributed by atoms with Gasteiger partial charge in [0.05, 0.1) is 5.69 Å². The van der Waals surface area contributed by atoms with Crippen molar-refractivity contribution in [2.75, 3.05) is 5.73 Å². The van der Waals surface area contributed by atoms with E-state index in [0.29, 0.717) is 16.5 Å². The number of rotatable bonds is 2. The van der Waals surface area contributed by atoms with Crippen LogP contribution in [0.3, 0.4) is 0 Å². The summed E-state index contributed by atoms with van der Waals surface area (Å²) in [6.45, 7) is 0. The van der Waals surface area contributed by atoms with Gasteiger partial charge in [-0.05, 0) is 24.3 Å². The van der Waals surface area contributed by atoms with Crippen molar-refractivity contribution in [3.63, 3.8) is 0 Å². The molecule has 2 aromatic rings. The van der Waals surface area contributed by atoms with E-state index in [9.17, 15) is 0 Å². The fraction of sp³-hybridized carbons (Fsp3) is 0. The molecule has 0 aliphatic heterocycles. The number of para-hydroxylation sites is 1. The Balaban J connectivity index is 2.29. The summed E-state index contributed by atoms with van der Waals surface area (Å²) in [5, 5.41) is 0.446. The Labute approximate surface area is 93.2 Å². The fourth-order valence-corrected chi connectivity index (χ4v) is 1.39. The smallest absolute Gasteiger partial charge is 0.148 e. The van der Waals surface area contributed by atoms with Crippen molar-refractivity contribution in [2.24, 2.45) is 0 Å². The molecule has 0 saturated heterocycles. The van der Waals surface area contributed by atoms with Crippen LogP contribution in [0.2, 0.25) is 5.02 Å². The van der Waals surface area contributed by atoms with Crippen molar-refractivity contribution < 1.29 is 4.74 Å². The van der Waals surface area contributed by atoms with E-state index < -0.39 is 0 Å². The molecule has 0 aliphatic rings. The van der Waals surface area contributed by atoms with Crippen LogP contribution in [0, 0.1) is 0 Å². The maximum absolute atomic E-state index is 5.99. The minimum Gasteiger partial charge on any atom is -0.456 e. The zero-order valence-corrected chi connectivity index (χ0v) is 8.74. The normalized spacial score (nSPS) is 9.93. The number of nitrogens with two attached hydrogens (primary N) is 1. The SMILES string of the molecule is Nc1cccc(Oc2ccccc2)c1Cl. The van der Waals surface area contributed by atoms with Gasteiger partial charge in [-0.1, -0.05) is 35.9 Å². The topological polar surface area (TPSA) is 35.2 Å². The maximum Gasteiger partial charge on any atom is 0.148 e. The molecule has 2 N–H and O–H groups in total. The molecule has 2 nitrogen and oxygen atoms in total. The fourth-order valence-electron chi connectivity index (χ4n) is 1.22. The number of halogens is 1. The molecule has 0 atom stereocenters. The average Bonchev–Trinajstić information content (AvgIpc) is 2.26. The molecule has 0 radical (unpaired) electrons. The van der Waals surface area contributed by atoms with Crippen molar-refractivity contribution in [1.29, 1.82) is 0 Å². The molecule has 3 heteroatoms. The summed E-state index contributed by atoms with van der Waals surface area (Å²) in [5.41, 5.74) is 6.18. The highest BCUT2D eigenvalue weighted by molar-refractivity contribution is 6.34. The van der Waals surface area contributed by atoms with Gasteiger partial charge in [-0.15, -0.1) is 0 Å². The lowest BCUT2D eigenvalue weighted by atomic mass is 10.3. The summed E-state index contributed by atoms with van der Waals surface area (Å²) in [4.78, 5) is 0. The molecule has 0 aromatic heterocycles. The van der Waals surface area contributed by atoms with E-state index in [2.05, 4.69) is 0 Å². The van der Waals surface area contributed by atoms with Crippen LogP contribution in [-0.4, -0.2) is 0 Å². The lowest BCUT2D eigenvalue weighted by Gasteiger charge is -2.08. The van der Waals surface area contributed by atoms with E-state index >= 15 is 0 Å². The predicted octanol–water partition coefficient (Wildman–Crippen LogP) is 3.71. The lowest BCUT2D eigenvalue weighted by molar-refractivity contribution is 0.483. The third-order valence-corrected chi connectivity index (χ3v) is 2.37. The molecule has 0 heterocycles. The third kappa shape index (κ3) is 2.22. The molecular formula is C12H10ClNO. The van der Waals surface area contributed by atoms with Crippen LogP contribution in [0.4, 0.5) is 5.69 Å². The Bertz CT molecular complexity index is 456. The number of ether oxygens (including phenoxy) is 1. The van der Waals surface area contributed by atoms with Gasteiger partial charge in [0, 0.05) is 0 Å². The Morgan fingerprint density at radius 3 is 2.40 bits per heavy atom. The van der Waals surface area contributed by atoms with Gasteiger partial charge in [0.25, 0.3) is 0 Å². The minimum absolute atomic E-state index is 0.446. The van der Waals surface area contributed by atoms with Gasteiger partial charge in [0.15, 0.2) is 0 Å². The Morgan fingerprint density at radius 2 is 1.67 bits per heavy atom. The van der Waals surface area contributed by atoms with Gasteiger partial charge >= 0.3 is 0 Å². The van der Waals surface area contributed by atoms with Crippen LogP contribution >= 0.6 is 11.6 Å². The highest BCUT2D eigenvalue weighted by Gasteiger charge is 2.04. The minimum atomic E-state index is 0.446. The zero-order valence-electron chi connectivity index (χ0n) is 7.98. The van der Waals surface area contributed by atoms with Gasteiger partial charge in [0.1, 0.15) is 16.5 Å². The van der Waals surface area contributed by atoms with Gasteiger partial charge in [-0.2, -0.15) is 0 Å². The van der Waals surface area contributed by atoms with Crippen LogP contribution in [0.1, 0.15) is 0 Å². The quantitative estimate of drug-likeness (QED) is 0.782. The molecule has 0 spiro atoms. The van der Waals surface area contributed by atoms with Crippen molar-refractivity contribution in [3.05, 3.63) is 53.6 Å². The van der Waals surface area contributed by atoms with E-state index in [4.69, 9.17) is 22.1 Å². The second kappa shape index (κ2) is 4.24. The van der Waals surface area contributed by atoms with Crippen LogP contribution in [0.15, 0.2) is 48.5 Å². The standard InChI is InChI=1S/C12H10ClNO/c13-12-10(14)7-4-8-11(12)15-9-5-2-1-3-6-9/h1-8H,14H2. The van der Waals surface area contributed by atoms with Crippen LogP contribution in [-0.2, 0) is 0 Å². The first-order valence-electron chi connectivity index (χ1n) is 4.54. The van der Waals surface area contributed by atoms with Crippen molar-refractivity contribution in [1.82, 2.24) is 0 Å². The Kier molecular flexibility index (Phi) is 2.79. The summed E-state index contributed by atoms with van der Waals surface area (Å²) in [7, 11) is 0. The molecule has 2 aromatic carbocycles. The van der Waals surface area contributed by atoms with E-state index in [1.807, 2.05) is 30.3 Å². The molecule has 0 fully saturated rings. The van der Waals surface area contributed by atoms with Gasteiger partial charge in [-0.3, -0.25) is 0 Å². The van der Waals surface area contributed by atoms with E-state index in [0.717, 1.165) is 5.75 Å². The predicted molar refractivity (Wildman–Crippen MR) is 62.4 cm³/mol. The number of benzene rings is 2. The first kappa shape index (κ1) is 9.87. The monoisotopic (exact) mass is 219 g/mol. The second-order valence-corrected chi connectivity index (χ2v) is 3.45. The molecule has 0 saturated carbocycles. The van der Waals surface area contributed by atoms with Crippen molar-refractivity contribution in [2.45, 2.75) is 0 Å². The largest absolute Gasteiger partial charge is 0.456 e. The third-order valence-electron chi connectivity index (χ3n) is 1.96. The number of anilines is 1. The summed E-state index contributed by atoms with van der Waals surface area (Å²) in [6.07, 6.45) is 0. The van der Waals surface area contributed by atoms with E-state index in [1.54, 1.807) is 18.2 Å². The van der Waals surface area contributed by atoms with Crippen molar-refractivity contribution >= 4 is 17.3 Å². The molecule has 0 aliphatic carbocycles. The molecule has 2 rings (SSSR count). The average molecular weight is 220 g/mol. The van der Waals surface area contributed by atoms with Crippen molar-refractivity contribution in [3.8, 4) is 11.5 Å². The molecule has 0 bridgehead atoms.